The maximum Gasteiger partial charge on any atom is 0.343 e. The van der Waals surface area contributed by atoms with Gasteiger partial charge in [0.05, 0.1) is 24.3 Å². The summed E-state index contributed by atoms with van der Waals surface area (Å²) < 4.78 is 27.6. The Bertz CT molecular complexity index is 1420. The molecular weight excluding hydrogens is 508 g/mol. The van der Waals surface area contributed by atoms with Gasteiger partial charge in [-0.25, -0.2) is 9.59 Å². The van der Waals surface area contributed by atoms with Crippen molar-refractivity contribution in [1.82, 2.24) is 0 Å². The highest BCUT2D eigenvalue weighted by Crippen LogP contribution is 2.27. The maximum atomic E-state index is 12.8. The lowest BCUT2D eigenvalue weighted by Crippen LogP contribution is -2.09. The molecule has 0 heterocycles. The summed E-state index contributed by atoms with van der Waals surface area (Å²) in [6.07, 6.45) is 1.65. The van der Waals surface area contributed by atoms with Gasteiger partial charge in [0.15, 0.2) is 0 Å². The molecule has 0 saturated heterocycles. The lowest BCUT2D eigenvalue weighted by Gasteiger charge is -2.11. The molecule has 0 radical (unpaired) electrons. The van der Waals surface area contributed by atoms with Crippen LogP contribution >= 0.6 is 0 Å². The van der Waals surface area contributed by atoms with Gasteiger partial charge in [-0.2, -0.15) is 0 Å². The summed E-state index contributed by atoms with van der Waals surface area (Å²) >= 11 is 0. The van der Waals surface area contributed by atoms with E-state index < -0.39 is 11.9 Å². The van der Waals surface area contributed by atoms with E-state index in [0.717, 1.165) is 11.1 Å². The van der Waals surface area contributed by atoms with E-state index in [9.17, 15) is 9.59 Å². The van der Waals surface area contributed by atoms with Crippen LogP contribution in [0.25, 0.3) is 11.1 Å². The molecule has 0 aliphatic rings. The molecule has 40 heavy (non-hydrogen) atoms. The van der Waals surface area contributed by atoms with Gasteiger partial charge in [-0.05, 0) is 85.6 Å². The van der Waals surface area contributed by atoms with Crippen LogP contribution in [0.15, 0.2) is 104 Å². The Morgan fingerprint density at radius 1 is 0.575 bits per heavy atom. The standard InChI is InChI=1S/C33H30O7/c1-4-19-38-27-13-11-25(12-14-27)32(34)39-28-15-7-23(8-16-28)24-9-17-29(18-10-24)40-33(35)26-20-30(36-5-2)22-31(21-26)37-6-3/h4,7-18,20-22H,1,5-6,19H2,2-3H3. The van der Waals surface area contributed by atoms with Gasteiger partial charge < -0.3 is 23.7 Å². The van der Waals surface area contributed by atoms with E-state index >= 15 is 0 Å². The van der Waals surface area contributed by atoms with Crippen LogP contribution in [-0.4, -0.2) is 31.8 Å². The first-order chi connectivity index (χ1) is 19.5. The summed E-state index contributed by atoms with van der Waals surface area (Å²) in [6, 6.07) is 26.0. The number of carbonyl (C=O) groups excluding carboxylic acids is 2. The van der Waals surface area contributed by atoms with Crippen molar-refractivity contribution in [2.45, 2.75) is 13.8 Å². The highest BCUT2D eigenvalue weighted by atomic mass is 16.5. The Balaban J connectivity index is 1.37. The minimum atomic E-state index is -0.514. The van der Waals surface area contributed by atoms with Crippen LogP contribution in [0.2, 0.25) is 0 Å². The Morgan fingerprint density at radius 2 is 1.02 bits per heavy atom. The molecule has 0 aliphatic heterocycles. The molecule has 4 aromatic carbocycles. The highest BCUT2D eigenvalue weighted by molar-refractivity contribution is 5.92. The first-order valence-electron chi connectivity index (χ1n) is 12.9. The third kappa shape index (κ3) is 7.51. The molecule has 7 nitrogen and oxygen atoms in total. The number of carbonyl (C=O) groups is 2. The molecule has 0 fully saturated rings. The quantitative estimate of drug-likeness (QED) is 0.108. The molecule has 0 spiro atoms. The highest BCUT2D eigenvalue weighted by Gasteiger charge is 2.14. The zero-order chi connectivity index (χ0) is 28.3. The molecule has 0 aliphatic carbocycles. The molecule has 0 saturated carbocycles. The summed E-state index contributed by atoms with van der Waals surface area (Å²) in [5.41, 5.74) is 2.57. The minimum Gasteiger partial charge on any atom is -0.494 e. The van der Waals surface area contributed by atoms with Gasteiger partial charge in [0.1, 0.15) is 35.4 Å². The van der Waals surface area contributed by atoms with Gasteiger partial charge in [0.25, 0.3) is 0 Å². The van der Waals surface area contributed by atoms with E-state index in [2.05, 4.69) is 6.58 Å². The van der Waals surface area contributed by atoms with E-state index in [4.69, 9.17) is 23.7 Å². The Morgan fingerprint density at radius 3 is 1.48 bits per heavy atom. The van der Waals surface area contributed by atoms with Crippen molar-refractivity contribution in [2.75, 3.05) is 19.8 Å². The van der Waals surface area contributed by atoms with Gasteiger partial charge >= 0.3 is 11.9 Å². The summed E-state index contributed by atoms with van der Waals surface area (Å²) in [5, 5.41) is 0. The van der Waals surface area contributed by atoms with Crippen molar-refractivity contribution in [2.24, 2.45) is 0 Å². The van der Waals surface area contributed by atoms with E-state index in [1.807, 2.05) is 38.1 Å². The molecule has 4 rings (SSSR count). The molecule has 4 aromatic rings. The number of benzene rings is 4. The second kappa shape index (κ2) is 13.7. The molecule has 0 atom stereocenters. The first-order valence-corrected chi connectivity index (χ1v) is 12.9. The average molecular weight is 539 g/mol. The number of hydrogen-bond acceptors (Lipinski definition) is 7. The monoisotopic (exact) mass is 538 g/mol. The third-order valence-electron chi connectivity index (χ3n) is 5.66. The number of hydrogen-bond donors (Lipinski definition) is 0. The van der Waals surface area contributed by atoms with Gasteiger partial charge in [-0.3, -0.25) is 0 Å². The molecule has 0 unspecified atom stereocenters. The summed E-state index contributed by atoms with van der Waals surface area (Å²) in [4.78, 5) is 25.3. The molecule has 0 amide bonds. The van der Waals surface area contributed by atoms with E-state index in [1.165, 1.54) is 0 Å². The fraction of sp³-hybridized carbons (Fsp3) is 0.152. The average Bonchev–Trinajstić information content (AvgIpc) is 2.97. The van der Waals surface area contributed by atoms with Crippen LogP contribution in [0.3, 0.4) is 0 Å². The van der Waals surface area contributed by atoms with E-state index in [0.29, 0.717) is 59.7 Å². The number of rotatable bonds is 12. The van der Waals surface area contributed by atoms with E-state index in [1.54, 1.807) is 72.8 Å². The minimum absolute atomic E-state index is 0.334. The zero-order valence-corrected chi connectivity index (χ0v) is 22.4. The van der Waals surface area contributed by atoms with Crippen LogP contribution in [0, 0.1) is 0 Å². The van der Waals surface area contributed by atoms with Crippen LogP contribution < -0.4 is 23.7 Å². The first kappa shape index (κ1) is 28.0. The Labute approximate surface area is 233 Å². The van der Waals surface area contributed by atoms with Gasteiger partial charge in [0.2, 0.25) is 0 Å². The normalized spacial score (nSPS) is 10.3. The van der Waals surface area contributed by atoms with Crippen LogP contribution in [-0.2, 0) is 0 Å². The largest absolute Gasteiger partial charge is 0.494 e. The lowest BCUT2D eigenvalue weighted by atomic mass is 10.1. The van der Waals surface area contributed by atoms with Crippen LogP contribution in [0.1, 0.15) is 34.6 Å². The topological polar surface area (TPSA) is 80.3 Å². The van der Waals surface area contributed by atoms with Gasteiger partial charge in [0, 0.05) is 6.07 Å². The SMILES string of the molecule is C=CCOc1ccc(C(=O)Oc2ccc(-c3ccc(OC(=O)c4cc(OCC)cc(OCC)c4)cc3)cc2)cc1. The Hall–Kier alpha value is -5.04. The second-order valence-electron chi connectivity index (χ2n) is 8.51. The predicted octanol–water partition coefficient (Wildman–Crippen LogP) is 7.15. The Kier molecular flexibility index (Phi) is 9.56. The maximum absolute atomic E-state index is 12.8. The van der Waals surface area contributed by atoms with Crippen LogP contribution in [0.4, 0.5) is 0 Å². The van der Waals surface area contributed by atoms with Crippen molar-refractivity contribution >= 4 is 11.9 Å². The number of ether oxygens (including phenoxy) is 5. The fourth-order valence-corrected chi connectivity index (χ4v) is 3.79. The molecule has 7 heteroatoms. The fourth-order valence-electron chi connectivity index (χ4n) is 3.79. The zero-order valence-electron chi connectivity index (χ0n) is 22.4. The van der Waals surface area contributed by atoms with Crippen molar-refractivity contribution in [3.05, 3.63) is 115 Å². The van der Waals surface area contributed by atoms with Crippen LogP contribution in [0.5, 0.6) is 28.7 Å². The second-order valence-corrected chi connectivity index (χ2v) is 8.51. The third-order valence-corrected chi connectivity index (χ3v) is 5.66. The van der Waals surface area contributed by atoms with Crippen molar-refractivity contribution in [1.29, 1.82) is 0 Å². The van der Waals surface area contributed by atoms with Gasteiger partial charge in [-0.1, -0.05) is 36.9 Å². The lowest BCUT2D eigenvalue weighted by molar-refractivity contribution is 0.0724. The number of esters is 2. The summed E-state index contributed by atoms with van der Waals surface area (Å²) in [5.74, 6) is 1.57. The molecule has 204 valence electrons. The van der Waals surface area contributed by atoms with Crippen molar-refractivity contribution < 1.29 is 33.3 Å². The van der Waals surface area contributed by atoms with Gasteiger partial charge in [-0.15, -0.1) is 0 Å². The molecule has 0 N–H and O–H groups in total. The molecule has 0 bridgehead atoms. The van der Waals surface area contributed by atoms with Crippen molar-refractivity contribution in [3.63, 3.8) is 0 Å². The molecule has 0 aromatic heterocycles. The smallest absolute Gasteiger partial charge is 0.343 e. The summed E-state index contributed by atoms with van der Waals surface area (Å²) in [7, 11) is 0. The predicted molar refractivity (Wildman–Crippen MR) is 153 cm³/mol. The molecular formula is C33H30O7. The van der Waals surface area contributed by atoms with Crippen molar-refractivity contribution in [3.8, 4) is 39.9 Å². The summed E-state index contributed by atoms with van der Waals surface area (Å²) in [6.45, 7) is 8.68. The van der Waals surface area contributed by atoms with E-state index in [-0.39, 0.29) is 0 Å².